The highest BCUT2D eigenvalue weighted by atomic mass is 32.2. The number of carbonyl (C=O) groups is 2. The zero-order chi connectivity index (χ0) is 23.3. The van der Waals surface area contributed by atoms with Crippen molar-refractivity contribution in [1.29, 1.82) is 0 Å². The smallest absolute Gasteiger partial charge is 0.251 e. The Hall–Kier alpha value is -3.13. The van der Waals surface area contributed by atoms with E-state index in [0.29, 0.717) is 16.5 Å². The lowest BCUT2D eigenvalue weighted by Crippen LogP contribution is -2.33. The number of rotatable bonds is 8. The molecule has 7 nitrogen and oxygen atoms in total. The van der Waals surface area contributed by atoms with Crippen molar-refractivity contribution >= 4 is 29.3 Å². The summed E-state index contributed by atoms with van der Waals surface area (Å²) in [5.74, 6) is 0.709. The zero-order valence-corrected chi connectivity index (χ0v) is 19.9. The molecule has 0 spiro atoms. The van der Waals surface area contributed by atoms with Gasteiger partial charge in [-0.2, -0.15) is 0 Å². The second-order valence-corrected chi connectivity index (χ2v) is 9.06. The number of thioether (sulfide) groups is 1. The number of carbonyl (C=O) groups excluding carboxylic acids is 2. The lowest BCUT2D eigenvalue weighted by molar-refractivity contribution is -0.113. The van der Waals surface area contributed by atoms with E-state index in [-0.39, 0.29) is 29.5 Å². The lowest BCUT2D eigenvalue weighted by atomic mass is 10.0. The molecule has 3 rings (SSSR count). The molecule has 0 saturated heterocycles. The summed E-state index contributed by atoms with van der Waals surface area (Å²) < 4.78 is 1.84. The van der Waals surface area contributed by atoms with Gasteiger partial charge in [0.15, 0.2) is 11.0 Å². The number of aryl methyl sites for hydroxylation is 2. The maximum absolute atomic E-state index is 12.7. The first kappa shape index (κ1) is 23.5. The number of hydrogen-bond acceptors (Lipinski definition) is 5. The van der Waals surface area contributed by atoms with Gasteiger partial charge in [-0.05, 0) is 49.1 Å². The van der Waals surface area contributed by atoms with Crippen LogP contribution in [0.4, 0.5) is 5.69 Å². The van der Waals surface area contributed by atoms with Crippen molar-refractivity contribution in [2.45, 2.75) is 38.9 Å². The van der Waals surface area contributed by atoms with Crippen LogP contribution in [0.15, 0.2) is 53.7 Å². The number of nitrogens with zero attached hydrogens (tertiary/aromatic N) is 3. The van der Waals surface area contributed by atoms with Crippen LogP contribution >= 0.6 is 11.8 Å². The van der Waals surface area contributed by atoms with Gasteiger partial charge in [0.2, 0.25) is 5.91 Å². The van der Waals surface area contributed by atoms with Gasteiger partial charge < -0.3 is 15.2 Å². The fraction of sp³-hybridized carbons (Fsp3) is 0.333. The molecule has 0 radical (unpaired) electrons. The van der Waals surface area contributed by atoms with Crippen molar-refractivity contribution in [3.8, 4) is 0 Å². The molecule has 2 aromatic carbocycles. The molecule has 1 atom stereocenters. The monoisotopic (exact) mass is 451 g/mol. The molecule has 32 heavy (non-hydrogen) atoms. The summed E-state index contributed by atoms with van der Waals surface area (Å²) in [6.07, 6.45) is 0. The molecular formula is C24H29N5O2S. The molecule has 0 aliphatic rings. The van der Waals surface area contributed by atoms with Gasteiger partial charge in [-0.3, -0.25) is 9.59 Å². The Balaban J connectivity index is 1.67. The molecule has 0 bridgehead atoms. The second-order valence-electron chi connectivity index (χ2n) is 8.12. The van der Waals surface area contributed by atoms with E-state index in [4.69, 9.17) is 0 Å². The third kappa shape index (κ3) is 5.76. The van der Waals surface area contributed by atoms with Gasteiger partial charge in [-0.15, -0.1) is 10.2 Å². The van der Waals surface area contributed by atoms with E-state index in [0.717, 1.165) is 16.8 Å². The molecule has 3 aromatic rings. The van der Waals surface area contributed by atoms with Gasteiger partial charge in [0.1, 0.15) is 0 Å². The Morgan fingerprint density at radius 2 is 1.78 bits per heavy atom. The van der Waals surface area contributed by atoms with Crippen molar-refractivity contribution in [2.24, 2.45) is 13.0 Å². The van der Waals surface area contributed by atoms with Crippen LogP contribution in [0.5, 0.6) is 0 Å². The summed E-state index contributed by atoms with van der Waals surface area (Å²) in [5, 5.41) is 15.2. The largest absolute Gasteiger partial charge is 0.342 e. The third-order valence-electron chi connectivity index (χ3n) is 5.14. The minimum Gasteiger partial charge on any atom is -0.342 e. The van der Waals surface area contributed by atoms with E-state index in [9.17, 15) is 9.59 Å². The maximum atomic E-state index is 12.7. The molecule has 2 amide bonds. The van der Waals surface area contributed by atoms with Gasteiger partial charge in [-0.1, -0.05) is 55.9 Å². The van der Waals surface area contributed by atoms with E-state index in [2.05, 4.69) is 20.8 Å². The standard InChI is InChI=1S/C24H29N5O2S/c1-15(2)21(26-23(31)18-9-7-6-8-10-18)22-27-28-24(29(22)5)32-14-20(30)25-19-13-16(3)11-12-17(19)4/h6-13,15,21H,14H2,1-5H3,(H,25,30)(H,26,31). The van der Waals surface area contributed by atoms with Crippen LogP contribution in [-0.2, 0) is 11.8 Å². The fourth-order valence-electron chi connectivity index (χ4n) is 3.25. The molecule has 0 saturated carbocycles. The van der Waals surface area contributed by atoms with E-state index in [1.165, 1.54) is 11.8 Å². The Morgan fingerprint density at radius 3 is 2.47 bits per heavy atom. The zero-order valence-electron chi connectivity index (χ0n) is 19.0. The normalized spacial score (nSPS) is 11.9. The quantitative estimate of drug-likeness (QED) is 0.499. The summed E-state index contributed by atoms with van der Waals surface area (Å²) >= 11 is 1.31. The number of nitrogens with one attached hydrogen (secondary N) is 2. The highest BCUT2D eigenvalue weighted by Crippen LogP contribution is 2.25. The van der Waals surface area contributed by atoms with Crippen LogP contribution in [-0.4, -0.2) is 32.3 Å². The van der Waals surface area contributed by atoms with Gasteiger partial charge >= 0.3 is 0 Å². The first-order valence-electron chi connectivity index (χ1n) is 10.5. The summed E-state index contributed by atoms with van der Waals surface area (Å²) in [5.41, 5.74) is 3.52. The molecule has 168 valence electrons. The average molecular weight is 452 g/mol. The van der Waals surface area contributed by atoms with Crippen molar-refractivity contribution < 1.29 is 9.59 Å². The SMILES string of the molecule is Cc1ccc(C)c(NC(=O)CSc2nnc(C(NC(=O)c3ccccc3)C(C)C)n2C)c1. The molecule has 0 aliphatic carbocycles. The molecule has 1 heterocycles. The first-order chi connectivity index (χ1) is 15.3. The molecule has 2 N–H and O–H groups in total. The fourth-order valence-corrected chi connectivity index (χ4v) is 3.97. The van der Waals surface area contributed by atoms with Crippen LogP contribution in [0.25, 0.3) is 0 Å². The third-order valence-corrected chi connectivity index (χ3v) is 6.16. The Kier molecular flexibility index (Phi) is 7.69. The molecular weight excluding hydrogens is 422 g/mol. The van der Waals surface area contributed by atoms with Crippen LogP contribution in [0, 0.1) is 19.8 Å². The Morgan fingerprint density at radius 1 is 1.06 bits per heavy atom. The molecule has 0 aliphatic heterocycles. The van der Waals surface area contributed by atoms with Crippen molar-refractivity contribution in [2.75, 3.05) is 11.1 Å². The predicted octanol–water partition coefficient (Wildman–Crippen LogP) is 4.29. The summed E-state index contributed by atoms with van der Waals surface area (Å²) in [7, 11) is 1.85. The number of aromatic nitrogens is 3. The number of amides is 2. The van der Waals surface area contributed by atoms with Gasteiger partial charge in [0.25, 0.3) is 5.91 Å². The number of hydrogen-bond donors (Lipinski definition) is 2. The Labute approximate surface area is 193 Å². The van der Waals surface area contributed by atoms with E-state index in [1.54, 1.807) is 12.1 Å². The van der Waals surface area contributed by atoms with Crippen LogP contribution in [0.1, 0.15) is 47.2 Å². The molecule has 1 aromatic heterocycles. The second kappa shape index (κ2) is 10.5. The van der Waals surface area contributed by atoms with Crippen molar-refractivity contribution in [1.82, 2.24) is 20.1 Å². The van der Waals surface area contributed by atoms with Crippen LogP contribution in [0.2, 0.25) is 0 Å². The van der Waals surface area contributed by atoms with Gasteiger partial charge in [0, 0.05) is 18.3 Å². The summed E-state index contributed by atoms with van der Waals surface area (Å²) in [6, 6.07) is 14.8. The minimum absolute atomic E-state index is 0.106. The number of anilines is 1. The molecule has 8 heteroatoms. The predicted molar refractivity (Wildman–Crippen MR) is 128 cm³/mol. The highest BCUT2D eigenvalue weighted by molar-refractivity contribution is 7.99. The van der Waals surface area contributed by atoms with Gasteiger partial charge in [0.05, 0.1) is 11.8 Å². The summed E-state index contributed by atoms with van der Waals surface area (Å²) in [4.78, 5) is 25.1. The molecule has 1 unspecified atom stereocenters. The van der Waals surface area contributed by atoms with Gasteiger partial charge in [-0.25, -0.2) is 0 Å². The van der Waals surface area contributed by atoms with Crippen molar-refractivity contribution in [3.05, 3.63) is 71.0 Å². The van der Waals surface area contributed by atoms with Crippen LogP contribution in [0.3, 0.4) is 0 Å². The maximum Gasteiger partial charge on any atom is 0.251 e. The average Bonchev–Trinajstić information content (AvgIpc) is 3.13. The Bertz CT molecular complexity index is 1100. The summed E-state index contributed by atoms with van der Waals surface area (Å²) in [6.45, 7) is 8.00. The number of benzene rings is 2. The highest BCUT2D eigenvalue weighted by Gasteiger charge is 2.25. The minimum atomic E-state index is -0.307. The molecule has 0 fully saturated rings. The van der Waals surface area contributed by atoms with Crippen molar-refractivity contribution in [3.63, 3.8) is 0 Å². The van der Waals surface area contributed by atoms with Crippen LogP contribution < -0.4 is 10.6 Å². The van der Waals surface area contributed by atoms with E-state index in [1.807, 2.05) is 75.7 Å². The lowest BCUT2D eigenvalue weighted by Gasteiger charge is -2.21. The van der Waals surface area contributed by atoms with E-state index < -0.39 is 0 Å². The first-order valence-corrected chi connectivity index (χ1v) is 11.5. The van der Waals surface area contributed by atoms with E-state index >= 15 is 0 Å². The topological polar surface area (TPSA) is 88.9 Å².